The Morgan fingerprint density at radius 3 is 2.88 bits per heavy atom. The van der Waals surface area contributed by atoms with Crippen LogP contribution in [-0.4, -0.2) is 4.98 Å². The second kappa shape index (κ2) is 5.23. The fourth-order valence-corrected chi connectivity index (χ4v) is 2.33. The van der Waals surface area contributed by atoms with Gasteiger partial charge in [-0.3, -0.25) is 0 Å². The SMILES string of the molecule is Cc1ccccc1C(C)NCc1nccs1. The van der Waals surface area contributed by atoms with Crippen LogP contribution < -0.4 is 5.32 Å². The molecule has 3 heteroatoms. The molecule has 0 aliphatic heterocycles. The number of nitrogens with zero attached hydrogens (tertiary/aromatic N) is 1. The van der Waals surface area contributed by atoms with Crippen molar-refractivity contribution >= 4 is 11.3 Å². The Kier molecular flexibility index (Phi) is 3.70. The van der Waals surface area contributed by atoms with Crippen molar-refractivity contribution in [3.8, 4) is 0 Å². The fraction of sp³-hybridized carbons (Fsp3) is 0.308. The van der Waals surface area contributed by atoms with Crippen molar-refractivity contribution in [2.75, 3.05) is 0 Å². The summed E-state index contributed by atoms with van der Waals surface area (Å²) >= 11 is 1.69. The van der Waals surface area contributed by atoms with E-state index >= 15 is 0 Å². The number of nitrogens with one attached hydrogen (secondary N) is 1. The Hall–Kier alpha value is -1.19. The number of hydrogen-bond donors (Lipinski definition) is 1. The van der Waals surface area contributed by atoms with Crippen LogP contribution in [0.5, 0.6) is 0 Å². The van der Waals surface area contributed by atoms with Crippen molar-refractivity contribution in [1.29, 1.82) is 0 Å². The molecule has 0 spiro atoms. The average Bonchev–Trinajstić information content (AvgIpc) is 2.79. The van der Waals surface area contributed by atoms with E-state index in [1.807, 2.05) is 11.6 Å². The first-order chi connectivity index (χ1) is 7.77. The summed E-state index contributed by atoms with van der Waals surface area (Å²) in [5.41, 5.74) is 2.70. The lowest BCUT2D eigenvalue weighted by atomic mass is 10.0. The number of rotatable bonds is 4. The van der Waals surface area contributed by atoms with Crippen LogP contribution in [0.2, 0.25) is 0 Å². The van der Waals surface area contributed by atoms with Crippen molar-refractivity contribution in [2.24, 2.45) is 0 Å². The van der Waals surface area contributed by atoms with Gasteiger partial charge in [0.15, 0.2) is 0 Å². The van der Waals surface area contributed by atoms with Crippen LogP contribution in [0.4, 0.5) is 0 Å². The Morgan fingerprint density at radius 2 is 2.19 bits per heavy atom. The molecule has 1 unspecified atom stereocenters. The van der Waals surface area contributed by atoms with Gasteiger partial charge in [-0.2, -0.15) is 0 Å². The van der Waals surface area contributed by atoms with Gasteiger partial charge in [0.25, 0.3) is 0 Å². The molecule has 84 valence electrons. The van der Waals surface area contributed by atoms with Crippen LogP contribution in [0.25, 0.3) is 0 Å². The molecule has 1 aromatic carbocycles. The smallest absolute Gasteiger partial charge is 0.106 e. The van der Waals surface area contributed by atoms with Crippen molar-refractivity contribution in [2.45, 2.75) is 26.4 Å². The van der Waals surface area contributed by atoms with Crippen LogP contribution in [-0.2, 0) is 6.54 Å². The molecule has 0 radical (unpaired) electrons. The Balaban J connectivity index is 1.98. The minimum absolute atomic E-state index is 0.366. The second-order valence-corrected chi connectivity index (χ2v) is 4.86. The molecule has 0 aliphatic carbocycles. The van der Waals surface area contributed by atoms with E-state index < -0.39 is 0 Å². The van der Waals surface area contributed by atoms with E-state index in [1.54, 1.807) is 11.3 Å². The van der Waals surface area contributed by atoms with Gasteiger partial charge in [-0.25, -0.2) is 4.98 Å². The first kappa shape index (κ1) is 11.3. The maximum atomic E-state index is 4.26. The standard InChI is InChI=1S/C13H16N2S/c1-10-5-3-4-6-12(10)11(2)15-9-13-14-7-8-16-13/h3-8,11,15H,9H2,1-2H3. The molecule has 0 saturated heterocycles. The number of benzene rings is 1. The van der Waals surface area contributed by atoms with E-state index in [0.29, 0.717) is 6.04 Å². The molecule has 16 heavy (non-hydrogen) atoms. The van der Waals surface area contributed by atoms with Crippen molar-refractivity contribution < 1.29 is 0 Å². The second-order valence-electron chi connectivity index (χ2n) is 3.89. The molecule has 1 heterocycles. The third kappa shape index (κ3) is 2.68. The van der Waals surface area contributed by atoms with Crippen LogP contribution in [0.15, 0.2) is 35.8 Å². The van der Waals surface area contributed by atoms with E-state index in [2.05, 4.69) is 48.4 Å². The summed E-state index contributed by atoms with van der Waals surface area (Å²) in [6.45, 7) is 5.18. The Labute approximate surface area is 100 Å². The topological polar surface area (TPSA) is 24.9 Å². The quantitative estimate of drug-likeness (QED) is 0.875. The summed E-state index contributed by atoms with van der Waals surface area (Å²) in [4.78, 5) is 4.26. The van der Waals surface area contributed by atoms with Gasteiger partial charge in [0, 0.05) is 24.2 Å². The van der Waals surface area contributed by atoms with Crippen molar-refractivity contribution in [3.05, 3.63) is 52.0 Å². The normalized spacial score (nSPS) is 12.6. The monoisotopic (exact) mass is 232 g/mol. The van der Waals surface area contributed by atoms with Gasteiger partial charge in [-0.1, -0.05) is 24.3 Å². The summed E-state index contributed by atoms with van der Waals surface area (Å²) in [7, 11) is 0. The molecule has 1 atom stereocenters. The average molecular weight is 232 g/mol. The summed E-state index contributed by atoms with van der Waals surface area (Å²) in [5.74, 6) is 0. The van der Waals surface area contributed by atoms with Gasteiger partial charge in [-0.05, 0) is 25.0 Å². The minimum Gasteiger partial charge on any atom is -0.304 e. The van der Waals surface area contributed by atoms with Crippen LogP contribution in [0, 0.1) is 6.92 Å². The molecular weight excluding hydrogens is 216 g/mol. The van der Waals surface area contributed by atoms with Crippen molar-refractivity contribution in [1.82, 2.24) is 10.3 Å². The van der Waals surface area contributed by atoms with Crippen LogP contribution in [0.3, 0.4) is 0 Å². The molecule has 0 bridgehead atoms. The first-order valence-corrected chi connectivity index (χ1v) is 6.32. The highest BCUT2D eigenvalue weighted by atomic mass is 32.1. The van der Waals surface area contributed by atoms with E-state index in [-0.39, 0.29) is 0 Å². The molecule has 2 aromatic rings. The minimum atomic E-state index is 0.366. The molecule has 0 amide bonds. The van der Waals surface area contributed by atoms with Crippen LogP contribution in [0.1, 0.15) is 29.1 Å². The van der Waals surface area contributed by atoms with Crippen LogP contribution >= 0.6 is 11.3 Å². The molecule has 0 saturated carbocycles. The van der Waals surface area contributed by atoms with Crippen molar-refractivity contribution in [3.63, 3.8) is 0 Å². The number of aryl methyl sites for hydroxylation is 1. The number of hydrogen-bond acceptors (Lipinski definition) is 3. The summed E-state index contributed by atoms with van der Waals surface area (Å²) in [6, 6.07) is 8.85. The number of aromatic nitrogens is 1. The first-order valence-electron chi connectivity index (χ1n) is 5.44. The summed E-state index contributed by atoms with van der Waals surface area (Å²) < 4.78 is 0. The zero-order chi connectivity index (χ0) is 11.4. The lowest BCUT2D eigenvalue weighted by Gasteiger charge is -2.15. The lowest BCUT2D eigenvalue weighted by molar-refractivity contribution is 0.571. The van der Waals surface area contributed by atoms with Gasteiger partial charge in [0.05, 0.1) is 0 Å². The third-order valence-corrected chi connectivity index (χ3v) is 3.48. The van der Waals surface area contributed by atoms with Gasteiger partial charge in [0.1, 0.15) is 5.01 Å². The maximum Gasteiger partial charge on any atom is 0.106 e. The van der Waals surface area contributed by atoms with Gasteiger partial charge < -0.3 is 5.32 Å². The highest BCUT2D eigenvalue weighted by molar-refractivity contribution is 7.09. The predicted molar refractivity (Wildman–Crippen MR) is 68.5 cm³/mol. The van der Waals surface area contributed by atoms with E-state index in [9.17, 15) is 0 Å². The van der Waals surface area contributed by atoms with E-state index in [4.69, 9.17) is 0 Å². The fourth-order valence-electron chi connectivity index (χ4n) is 1.76. The molecule has 0 aliphatic rings. The highest BCUT2D eigenvalue weighted by Crippen LogP contribution is 2.17. The summed E-state index contributed by atoms with van der Waals surface area (Å²) in [5, 5.41) is 6.64. The maximum absolute atomic E-state index is 4.26. The molecule has 0 fully saturated rings. The zero-order valence-corrected chi connectivity index (χ0v) is 10.4. The molecule has 1 aromatic heterocycles. The van der Waals surface area contributed by atoms with Gasteiger partial charge in [-0.15, -0.1) is 11.3 Å². The summed E-state index contributed by atoms with van der Waals surface area (Å²) in [6.07, 6.45) is 1.85. The van der Waals surface area contributed by atoms with Gasteiger partial charge in [0.2, 0.25) is 0 Å². The molecule has 2 nitrogen and oxygen atoms in total. The lowest BCUT2D eigenvalue weighted by Crippen LogP contribution is -2.18. The van der Waals surface area contributed by atoms with E-state index in [0.717, 1.165) is 11.6 Å². The Bertz CT molecular complexity index is 437. The van der Waals surface area contributed by atoms with E-state index in [1.165, 1.54) is 11.1 Å². The largest absolute Gasteiger partial charge is 0.304 e. The Morgan fingerprint density at radius 1 is 1.38 bits per heavy atom. The predicted octanol–water partition coefficient (Wildman–Crippen LogP) is 3.30. The molecular formula is C13H16N2S. The third-order valence-electron chi connectivity index (χ3n) is 2.70. The number of thiazole rings is 1. The zero-order valence-electron chi connectivity index (χ0n) is 9.60. The van der Waals surface area contributed by atoms with Gasteiger partial charge >= 0.3 is 0 Å². The molecule has 1 N–H and O–H groups in total. The molecule has 2 rings (SSSR count). The highest BCUT2D eigenvalue weighted by Gasteiger charge is 2.07.